The Morgan fingerprint density at radius 1 is 1.25 bits per heavy atom. The van der Waals surface area contributed by atoms with Crippen molar-refractivity contribution in [2.24, 2.45) is 7.05 Å². The van der Waals surface area contributed by atoms with Crippen molar-refractivity contribution in [3.8, 4) is 17.2 Å². The highest BCUT2D eigenvalue weighted by atomic mass is 35.5. The molecule has 0 unspecified atom stereocenters. The van der Waals surface area contributed by atoms with Gasteiger partial charge in [0.2, 0.25) is 5.82 Å². The van der Waals surface area contributed by atoms with Crippen LogP contribution in [0.4, 0.5) is 11.6 Å². The number of aryl methyl sites for hydroxylation is 1. The summed E-state index contributed by atoms with van der Waals surface area (Å²) in [5.74, 6) is 1.86. The number of nitrogens with two attached hydrogens (primary N) is 1. The second-order valence-corrected chi connectivity index (χ2v) is 9.23. The van der Waals surface area contributed by atoms with E-state index in [1.165, 1.54) is 11.1 Å². The summed E-state index contributed by atoms with van der Waals surface area (Å²) in [5.41, 5.74) is 8.01. The zero-order chi connectivity index (χ0) is 25.0. The number of hydrogen-bond acceptors (Lipinski definition) is 9. The van der Waals surface area contributed by atoms with Crippen LogP contribution in [-0.4, -0.2) is 44.9 Å². The van der Waals surface area contributed by atoms with Gasteiger partial charge < -0.3 is 11.1 Å². The number of rotatable bonds is 6. The van der Waals surface area contributed by atoms with Gasteiger partial charge in [-0.1, -0.05) is 23.7 Å². The Labute approximate surface area is 209 Å². The molecule has 1 aliphatic carbocycles. The van der Waals surface area contributed by atoms with Crippen molar-refractivity contribution in [2.75, 3.05) is 11.1 Å². The molecule has 1 aliphatic rings. The van der Waals surface area contributed by atoms with Crippen molar-refractivity contribution in [2.45, 2.75) is 31.7 Å². The van der Waals surface area contributed by atoms with Gasteiger partial charge in [0, 0.05) is 17.7 Å². The Morgan fingerprint density at radius 2 is 2.08 bits per heavy atom. The third-order valence-corrected chi connectivity index (χ3v) is 6.58. The number of tetrazole rings is 1. The maximum absolute atomic E-state index is 13.8. The number of nitrogen functional groups attached to an aromatic ring is 1. The fourth-order valence-electron chi connectivity index (χ4n) is 4.33. The van der Waals surface area contributed by atoms with Crippen molar-refractivity contribution < 1.29 is 0 Å². The van der Waals surface area contributed by atoms with Gasteiger partial charge >= 0.3 is 0 Å². The molecule has 1 atom stereocenters. The molecule has 0 radical (unpaired) electrons. The lowest BCUT2D eigenvalue weighted by atomic mass is 10.1. The van der Waals surface area contributed by atoms with Crippen LogP contribution in [-0.2, 0) is 7.05 Å². The maximum atomic E-state index is 13.8. The van der Waals surface area contributed by atoms with E-state index in [4.69, 9.17) is 17.3 Å². The first-order valence-electron chi connectivity index (χ1n) is 11.4. The van der Waals surface area contributed by atoms with E-state index in [2.05, 4.69) is 40.9 Å². The van der Waals surface area contributed by atoms with Gasteiger partial charge in [0.05, 0.1) is 29.2 Å². The number of H-pyrrole nitrogens is 1. The van der Waals surface area contributed by atoms with Gasteiger partial charge in [-0.25, -0.2) is 9.97 Å². The molecule has 6 rings (SSSR count). The molecule has 1 fully saturated rings. The highest BCUT2D eigenvalue weighted by Crippen LogP contribution is 2.39. The molecule has 1 saturated carbocycles. The van der Waals surface area contributed by atoms with Crippen LogP contribution in [0, 0.1) is 0 Å². The van der Waals surface area contributed by atoms with Gasteiger partial charge in [-0.05, 0) is 42.5 Å². The molecule has 12 nitrogen and oxygen atoms in total. The normalized spacial score (nSPS) is 14.3. The fourth-order valence-corrected chi connectivity index (χ4v) is 4.59. The van der Waals surface area contributed by atoms with Crippen LogP contribution in [0.15, 0.2) is 41.5 Å². The number of hydrogen-bond donors (Lipinski definition) is 3. The highest BCUT2D eigenvalue weighted by molar-refractivity contribution is 6.35. The minimum Gasteiger partial charge on any atom is -0.383 e. The van der Waals surface area contributed by atoms with E-state index in [0.717, 1.165) is 23.9 Å². The highest BCUT2D eigenvalue weighted by Gasteiger charge is 2.27. The molecular formula is C23H22ClN11O. The smallest absolute Gasteiger partial charge is 0.266 e. The first-order chi connectivity index (χ1) is 17.4. The molecule has 4 aromatic heterocycles. The monoisotopic (exact) mass is 503 g/mol. The Bertz CT molecular complexity index is 1670. The van der Waals surface area contributed by atoms with Gasteiger partial charge in [0.25, 0.3) is 5.56 Å². The largest absolute Gasteiger partial charge is 0.383 e. The summed E-state index contributed by atoms with van der Waals surface area (Å²) in [6.07, 6.45) is 3.57. The number of nitrogens with zero attached hydrogens (tertiary/aromatic N) is 8. The van der Waals surface area contributed by atoms with Crippen molar-refractivity contribution in [1.29, 1.82) is 0 Å². The lowest BCUT2D eigenvalue weighted by Gasteiger charge is -2.21. The predicted molar refractivity (Wildman–Crippen MR) is 135 cm³/mol. The Balaban J connectivity index is 1.49. The van der Waals surface area contributed by atoms with E-state index < -0.39 is 6.04 Å². The molecule has 4 heterocycles. The molecule has 0 saturated heterocycles. The minimum atomic E-state index is -0.410. The van der Waals surface area contributed by atoms with Crippen LogP contribution in [0.5, 0.6) is 0 Å². The van der Waals surface area contributed by atoms with Crippen molar-refractivity contribution in [1.82, 2.24) is 44.9 Å². The minimum absolute atomic E-state index is 0.205. The van der Waals surface area contributed by atoms with E-state index in [9.17, 15) is 4.79 Å². The second kappa shape index (κ2) is 8.41. The molecule has 4 N–H and O–H groups in total. The summed E-state index contributed by atoms with van der Waals surface area (Å²) in [7, 11) is 1.66. The van der Waals surface area contributed by atoms with Gasteiger partial charge in [-0.15, -0.1) is 10.2 Å². The lowest BCUT2D eigenvalue weighted by Crippen LogP contribution is -2.26. The molecule has 5 aromatic rings. The standard InChI is InChI=1S/C23H22ClN11O/c1-11(28-21-19(20(25)26-10-27-21)22-31-33-34(2)32-22)16-8-13-4-3-5-14(24)18(13)23(36)35(16)17-9-15(29-30-17)12-6-7-12/h3-5,8-12H,6-7H2,1-2H3,(H,29,30)(H3,25,26,27,28)/t11-/m0/s1. The van der Waals surface area contributed by atoms with Crippen molar-refractivity contribution in [3.05, 3.63) is 63.4 Å². The zero-order valence-electron chi connectivity index (χ0n) is 19.5. The quantitative estimate of drug-likeness (QED) is 0.316. The van der Waals surface area contributed by atoms with Crippen LogP contribution in [0.3, 0.4) is 0 Å². The summed E-state index contributed by atoms with van der Waals surface area (Å²) in [4.78, 5) is 23.6. The topological polar surface area (TPSA) is 158 Å². The first kappa shape index (κ1) is 22.2. The predicted octanol–water partition coefficient (Wildman–Crippen LogP) is 2.98. The van der Waals surface area contributed by atoms with E-state index in [0.29, 0.717) is 39.2 Å². The van der Waals surface area contributed by atoms with Gasteiger partial charge in [0.1, 0.15) is 23.5 Å². The number of benzene rings is 1. The number of nitrogens with one attached hydrogen (secondary N) is 2. The summed E-state index contributed by atoms with van der Waals surface area (Å²) in [6.45, 7) is 1.92. The van der Waals surface area contributed by atoms with Gasteiger partial charge in [-0.3, -0.25) is 14.5 Å². The van der Waals surface area contributed by atoms with Crippen LogP contribution < -0.4 is 16.6 Å². The number of aromatic amines is 1. The molecule has 0 amide bonds. The van der Waals surface area contributed by atoms with Crippen molar-refractivity contribution >= 4 is 34.0 Å². The summed E-state index contributed by atoms with van der Waals surface area (Å²) in [5, 5.41) is 24.6. The third-order valence-electron chi connectivity index (χ3n) is 6.26. The Hall–Kier alpha value is -4.32. The molecule has 1 aromatic carbocycles. The van der Waals surface area contributed by atoms with Crippen LogP contribution in [0.25, 0.3) is 28.0 Å². The number of aromatic nitrogens is 9. The maximum Gasteiger partial charge on any atom is 0.266 e. The molecule has 182 valence electrons. The van der Waals surface area contributed by atoms with E-state index in [1.807, 2.05) is 31.2 Å². The van der Waals surface area contributed by atoms with Gasteiger partial charge in [0.15, 0.2) is 5.82 Å². The summed E-state index contributed by atoms with van der Waals surface area (Å²) >= 11 is 6.45. The molecule has 0 spiro atoms. The number of anilines is 2. The number of pyridine rings is 1. The van der Waals surface area contributed by atoms with Crippen molar-refractivity contribution in [3.63, 3.8) is 0 Å². The zero-order valence-corrected chi connectivity index (χ0v) is 20.2. The number of halogens is 1. The van der Waals surface area contributed by atoms with E-state index >= 15 is 0 Å². The summed E-state index contributed by atoms with van der Waals surface area (Å²) < 4.78 is 1.58. The molecular weight excluding hydrogens is 482 g/mol. The third kappa shape index (κ3) is 3.75. The fraction of sp³-hybridized carbons (Fsp3) is 0.261. The average molecular weight is 504 g/mol. The molecule has 13 heteroatoms. The molecule has 0 aliphatic heterocycles. The van der Waals surface area contributed by atoms with Crippen LogP contribution in [0.2, 0.25) is 5.02 Å². The number of fused-ring (bicyclic) bond motifs is 1. The molecule has 0 bridgehead atoms. The van der Waals surface area contributed by atoms with E-state index in [1.54, 1.807) is 17.7 Å². The Kier molecular flexibility index (Phi) is 5.18. The first-order valence-corrected chi connectivity index (χ1v) is 11.8. The lowest BCUT2D eigenvalue weighted by molar-refractivity contribution is 0.630. The Morgan fingerprint density at radius 3 is 2.83 bits per heavy atom. The van der Waals surface area contributed by atoms with Crippen LogP contribution in [0.1, 0.15) is 43.1 Å². The summed E-state index contributed by atoms with van der Waals surface area (Å²) in [6, 6.07) is 8.83. The molecule has 36 heavy (non-hydrogen) atoms. The average Bonchev–Trinajstić information content (AvgIpc) is 3.43. The van der Waals surface area contributed by atoms with E-state index in [-0.39, 0.29) is 17.2 Å². The second-order valence-electron chi connectivity index (χ2n) is 8.82. The van der Waals surface area contributed by atoms with Crippen LogP contribution >= 0.6 is 11.6 Å². The van der Waals surface area contributed by atoms with Gasteiger partial charge in [-0.2, -0.15) is 9.90 Å². The SMILES string of the molecule is C[C@H](Nc1ncnc(N)c1-c1nnn(C)n1)c1cc2cccc(Cl)c2c(=O)n1-c1cc(C2CC2)[nH]n1.